The van der Waals surface area contributed by atoms with E-state index < -0.39 is 0 Å². The second-order valence-electron chi connectivity index (χ2n) is 4.17. The lowest BCUT2D eigenvalue weighted by Crippen LogP contribution is -1.98. The number of benzene rings is 1. The molecule has 1 N–H and O–H groups in total. The first kappa shape index (κ1) is 13.7. The molecule has 0 saturated carbocycles. The molecule has 1 heterocycles. The number of rotatable bonds is 4. The predicted octanol–water partition coefficient (Wildman–Crippen LogP) is 3.91. The standard InChI is InChI=1S/C14H15FN2OS/c1-3-4-13-16-11(8-14(19)17-13)10-7-9(15)5-6-12(10)18-2/h5-8H,3-4H2,1-2H3,(H,16,17,19). The van der Waals surface area contributed by atoms with Crippen LogP contribution in [0.25, 0.3) is 11.3 Å². The van der Waals surface area contributed by atoms with Crippen molar-refractivity contribution >= 4 is 12.2 Å². The van der Waals surface area contributed by atoms with Gasteiger partial charge in [-0.3, -0.25) is 0 Å². The number of nitrogens with zero attached hydrogens (tertiary/aromatic N) is 1. The zero-order chi connectivity index (χ0) is 13.8. The molecular weight excluding hydrogens is 263 g/mol. The number of H-pyrrole nitrogens is 1. The van der Waals surface area contributed by atoms with Gasteiger partial charge in [0.25, 0.3) is 0 Å². The topological polar surface area (TPSA) is 37.9 Å². The Bertz CT molecular complexity index is 640. The fraction of sp³-hybridized carbons (Fsp3) is 0.286. The Kier molecular flexibility index (Phi) is 4.27. The van der Waals surface area contributed by atoms with Crippen LogP contribution in [0.3, 0.4) is 0 Å². The minimum absolute atomic E-state index is 0.316. The van der Waals surface area contributed by atoms with Gasteiger partial charge in [-0.05, 0) is 30.7 Å². The van der Waals surface area contributed by atoms with E-state index in [1.165, 1.54) is 12.1 Å². The van der Waals surface area contributed by atoms with E-state index in [-0.39, 0.29) is 5.82 Å². The van der Waals surface area contributed by atoms with E-state index in [0.717, 1.165) is 24.4 Å². The molecule has 5 heteroatoms. The summed E-state index contributed by atoms with van der Waals surface area (Å²) in [6.07, 6.45) is 1.76. The third-order valence-corrected chi connectivity index (χ3v) is 2.94. The van der Waals surface area contributed by atoms with Crippen molar-refractivity contribution in [1.29, 1.82) is 0 Å². The van der Waals surface area contributed by atoms with Crippen molar-refractivity contribution in [2.75, 3.05) is 7.11 Å². The van der Waals surface area contributed by atoms with Gasteiger partial charge in [-0.1, -0.05) is 19.1 Å². The summed E-state index contributed by atoms with van der Waals surface area (Å²) >= 11 is 5.15. The number of aryl methyl sites for hydroxylation is 1. The third-order valence-electron chi connectivity index (χ3n) is 2.73. The second kappa shape index (κ2) is 5.93. The van der Waals surface area contributed by atoms with Crippen molar-refractivity contribution in [2.45, 2.75) is 19.8 Å². The Labute approximate surface area is 116 Å². The fourth-order valence-corrected chi connectivity index (χ4v) is 2.13. The van der Waals surface area contributed by atoms with Crippen molar-refractivity contribution in [3.05, 3.63) is 40.5 Å². The fourth-order valence-electron chi connectivity index (χ4n) is 1.90. The van der Waals surface area contributed by atoms with E-state index in [1.54, 1.807) is 19.2 Å². The molecule has 1 aromatic carbocycles. The van der Waals surface area contributed by atoms with Crippen LogP contribution in [0.4, 0.5) is 4.39 Å². The number of ether oxygens (including phenoxy) is 1. The Hall–Kier alpha value is -1.75. The Morgan fingerprint density at radius 3 is 2.84 bits per heavy atom. The Balaban J connectivity index is 2.57. The summed E-state index contributed by atoms with van der Waals surface area (Å²) in [6, 6.07) is 6.10. The highest BCUT2D eigenvalue weighted by Gasteiger charge is 2.09. The minimum Gasteiger partial charge on any atom is -0.496 e. The van der Waals surface area contributed by atoms with E-state index in [2.05, 4.69) is 16.9 Å². The summed E-state index contributed by atoms with van der Waals surface area (Å²) in [4.78, 5) is 7.43. The van der Waals surface area contributed by atoms with Gasteiger partial charge in [-0.25, -0.2) is 9.37 Å². The molecular formula is C14H15FN2OS. The van der Waals surface area contributed by atoms with Crippen molar-refractivity contribution in [3.63, 3.8) is 0 Å². The molecule has 0 aliphatic rings. The van der Waals surface area contributed by atoms with Crippen LogP contribution in [0.5, 0.6) is 5.75 Å². The molecule has 0 fully saturated rings. The highest BCUT2D eigenvalue weighted by molar-refractivity contribution is 7.71. The van der Waals surface area contributed by atoms with Gasteiger partial charge >= 0.3 is 0 Å². The number of halogens is 1. The number of aromatic amines is 1. The first-order valence-corrected chi connectivity index (χ1v) is 6.49. The quantitative estimate of drug-likeness (QED) is 0.862. The smallest absolute Gasteiger partial charge is 0.130 e. The summed E-state index contributed by atoms with van der Waals surface area (Å²) in [5.74, 6) is 1.08. The van der Waals surface area contributed by atoms with Gasteiger partial charge < -0.3 is 9.72 Å². The van der Waals surface area contributed by atoms with Gasteiger partial charge in [-0.15, -0.1) is 0 Å². The molecule has 0 unspecified atom stereocenters. The van der Waals surface area contributed by atoms with Gasteiger partial charge in [0.15, 0.2) is 0 Å². The summed E-state index contributed by atoms with van der Waals surface area (Å²) in [5.41, 5.74) is 1.37. The monoisotopic (exact) mass is 278 g/mol. The number of methoxy groups -OCH3 is 1. The lowest BCUT2D eigenvalue weighted by Gasteiger charge is -2.10. The minimum atomic E-state index is -0.316. The van der Waals surface area contributed by atoms with E-state index in [0.29, 0.717) is 16.0 Å². The van der Waals surface area contributed by atoms with Crippen LogP contribution in [-0.4, -0.2) is 17.1 Å². The lowest BCUT2D eigenvalue weighted by molar-refractivity contribution is 0.415. The Morgan fingerprint density at radius 1 is 1.37 bits per heavy atom. The second-order valence-corrected chi connectivity index (χ2v) is 4.59. The molecule has 100 valence electrons. The summed E-state index contributed by atoms with van der Waals surface area (Å²) in [6.45, 7) is 2.06. The molecule has 0 saturated heterocycles. The van der Waals surface area contributed by atoms with E-state index in [1.807, 2.05) is 0 Å². The molecule has 2 aromatic rings. The molecule has 0 aliphatic carbocycles. The summed E-state index contributed by atoms with van der Waals surface area (Å²) in [7, 11) is 1.56. The van der Waals surface area contributed by atoms with Crippen molar-refractivity contribution in [2.24, 2.45) is 0 Å². The molecule has 3 nitrogen and oxygen atoms in total. The lowest BCUT2D eigenvalue weighted by atomic mass is 10.1. The SMILES string of the molecule is CCCc1nc(=S)cc(-c2cc(F)ccc2OC)[nH]1. The van der Waals surface area contributed by atoms with E-state index in [9.17, 15) is 4.39 Å². The molecule has 0 radical (unpaired) electrons. The van der Waals surface area contributed by atoms with E-state index >= 15 is 0 Å². The largest absolute Gasteiger partial charge is 0.496 e. The van der Waals surface area contributed by atoms with Gasteiger partial charge in [0.1, 0.15) is 22.0 Å². The van der Waals surface area contributed by atoms with Crippen molar-refractivity contribution in [1.82, 2.24) is 9.97 Å². The van der Waals surface area contributed by atoms with Gasteiger partial charge in [0, 0.05) is 12.0 Å². The summed E-state index contributed by atoms with van der Waals surface area (Å²) < 4.78 is 19.1. The normalized spacial score (nSPS) is 10.5. The van der Waals surface area contributed by atoms with Gasteiger partial charge in [0.2, 0.25) is 0 Å². The maximum atomic E-state index is 13.4. The molecule has 0 bridgehead atoms. The van der Waals surface area contributed by atoms with Crippen molar-refractivity contribution < 1.29 is 9.13 Å². The first-order valence-electron chi connectivity index (χ1n) is 6.08. The maximum Gasteiger partial charge on any atom is 0.130 e. The molecule has 0 spiro atoms. The van der Waals surface area contributed by atoms with E-state index in [4.69, 9.17) is 17.0 Å². The molecule has 0 aliphatic heterocycles. The first-order chi connectivity index (χ1) is 9.13. The molecule has 1 aromatic heterocycles. The summed E-state index contributed by atoms with van der Waals surface area (Å²) in [5, 5.41) is 0. The average molecular weight is 278 g/mol. The molecule has 0 atom stereocenters. The van der Waals surface area contributed by atoms with Crippen LogP contribution < -0.4 is 4.74 Å². The van der Waals surface area contributed by atoms with Crippen molar-refractivity contribution in [3.8, 4) is 17.0 Å². The van der Waals surface area contributed by atoms with Crippen LogP contribution in [0.2, 0.25) is 0 Å². The molecule has 19 heavy (non-hydrogen) atoms. The number of hydrogen-bond donors (Lipinski definition) is 1. The zero-order valence-electron chi connectivity index (χ0n) is 10.9. The van der Waals surface area contributed by atoms with Crippen LogP contribution in [0, 0.1) is 10.5 Å². The van der Waals surface area contributed by atoms with Crippen LogP contribution in [-0.2, 0) is 6.42 Å². The van der Waals surface area contributed by atoms with Crippen LogP contribution in [0.1, 0.15) is 19.2 Å². The highest BCUT2D eigenvalue weighted by Crippen LogP contribution is 2.29. The Morgan fingerprint density at radius 2 is 2.16 bits per heavy atom. The van der Waals surface area contributed by atoms with Crippen LogP contribution >= 0.6 is 12.2 Å². The number of nitrogens with one attached hydrogen (secondary N) is 1. The third kappa shape index (κ3) is 3.17. The van der Waals surface area contributed by atoms with Gasteiger partial charge in [-0.2, -0.15) is 0 Å². The number of hydrogen-bond acceptors (Lipinski definition) is 3. The maximum absolute atomic E-state index is 13.4. The predicted molar refractivity (Wildman–Crippen MR) is 75.4 cm³/mol. The van der Waals surface area contributed by atoms with Crippen LogP contribution in [0.15, 0.2) is 24.3 Å². The highest BCUT2D eigenvalue weighted by atomic mass is 32.1. The average Bonchev–Trinajstić information content (AvgIpc) is 2.38. The zero-order valence-corrected chi connectivity index (χ0v) is 11.7. The molecule has 2 rings (SSSR count). The molecule has 0 amide bonds. The van der Waals surface area contributed by atoms with Gasteiger partial charge in [0.05, 0.1) is 12.8 Å². The number of aromatic nitrogens is 2.